The molecule has 0 aromatic heterocycles. The van der Waals surface area contributed by atoms with E-state index in [0.717, 1.165) is 44.7 Å². The fourth-order valence-electron chi connectivity index (χ4n) is 3.93. The van der Waals surface area contributed by atoms with Crippen LogP contribution in [0.2, 0.25) is 0 Å². The zero-order valence-electron chi connectivity index (χ0n) is 15.2. The third kappa shape index (κ3) is 4.65. The third-order valence-corrected chi connectivity index (χ3v) is 5.05. The number of rotatable bonds is 7. The van der Waals surface area contributed by atoms with Crippen molar-refractivity contribution in [2.75, 3.05) is 26.3 Å². The number of hydrogen-bond acceptors (Lipinski definition) is 4. The Balaban J connectivity index is 1.77. The van der Waals surface area contributed by atoms with E-state index in [1.54, 1.807) is 18.8 Å². The Morgan fingerprint density at radius 3 is 3.08 bits per heavy atom. The normalized spacial score (nSPS) is 27.7. The van der Waals surface area contributed by atoms with Gasteiger partial charge in [-0.1, -0.05) is 31.2 Å². The maximum absolute atomic E-state index is 5.82. The van der Waals surface area contributed by atoms with Crippen molar-refractivity contribution in [2.24, 2.45) is 5.41 Å². The molecule has 4 nitrogen and oxygen atoms in total. The standard InChI is InChI=1S/C21H29NO3/c1-3-12-24-17-21(2)10-7-11-22(16-21)20(18-8-5-4-6-9-18)19-15-23-13-14-25-19/h3-5,8,13-15,20H,1,6-7,9-12,16-17H2,2H3. The summed E-state index contributed by atoms with van der Waals surface area (Å²) in [4.78, 5) is 2.53. The van der Waals surface area contributed by atoms with Gasteiger partial charge in [0.2, 0.25) is 0 Å². The molecule has 1 saturated heterocycles. The van der Waals surface area contributed by atoms with E-state index in [1.165, 1.54) is 12.0 Å². The summed E-state index contributed by atoms with van der Waals surface area (Å²) in [5.41, 5.74) is 1.54. The molecule has 4 heteroatoms. The van der Waals surface area contributed by atoms with Gasteiger partial charge in [0.1, 0.15) is 18.8 Å². The van der Waals surface area contributed by atoms with Gasteiger partial charge in [0.15, 0.2) is 5.76 Å². The van der Waals surface area contributed by atoms with Crippen LogP contribution < -0.4 is 0 Å². The Bertz CT molecular complexity index is 590. The molecule has 0 saturated carbocycles. The lowest BCUT2D eigenvalue weighted by atomic mass is 9.81. The summed E-state index contributed by atoms with van der Waals surface area (Å²) >= 11 is 0. The minimum atomic E-state index is 0.133. The van der Waals surface area contributed by atoms with Gasteiger partial charge in [-0.2, -0.15) is 0 Å². The molecular formula is C21H29NO3. The Hall–Kier alpha value is -1.78. The highest BCUT2D eigenvalue weighted by molar-refractivity contribution is 5.30. The highest BCUT2D eigenvalue weighted by Gasteiger charge is 2.37. The van der Waals surface area contributed by atoms with Gasteiger partial charge in [-0.25, -0.2) is 0 Å². The third-order valence-electron chi connectivity index (χ3n) is 5.05. The highest BCUT2D eigenvalue weighted by atomic mass is 16.5. The SMILES string of the molecule is C=CCOCC1(C)CCCN(C(C2=CC=CCC2)C2=COC=CO2)C1. The second kappa shape index (κ2) is 8.54. The molecule has 1 fully saturated rings. The van der Waals surface area contributed by atoms with Gasteiger partial charge in [-0.15, -0.1) is 6.58 Å². The van der Waals surface area contributed by atoms with E-state index in [-0.39, 0.29) is 11.5 Å². The second-order valence-electron chi connectivity index (χ2n) is 7.35. The van der Waals surface area contributed by atoms with Crippen LogP contribution in [0.5, 0.6) is 0 Å². The van der Waals surface area contributed by atoms with Crippen LogP contribution in [-0.2, 0) is 14.2 Å². The molecule has 25 heavy (non-hydrogen) atoms. The van der Waals surface area contributed by atoms with Crippen LogP contribution in [0.1, 0.15) is 32.6 Å². The lowest BCUT2D eigenvalue weighted by Gasteiger charge is -2.44. The molecule has 0 radical (unpaired) electrons. The summed E-state index contributed by atoms with van der Waals surface area (Å²) in [5.74, 6) is 0.875. The first-order valence-electron chi connectivity index (χ1n) is 9.17. The number of likely N-dealkylation sites (tertiary alicyclic amines) is 1. The van der Waals surface area contributed by atoms with E-state index < -0.39 is 0 Å². The van der Waals surface area contributed by atoms with Crippen LogP contribution in [-0.4, -0.2) is 37.2 Å². The molecule has 0 N–H and O–H groups in total. The fourth-order valence-corrected chi connectivity index (χ4v) is 3.93. The van der Waals surface area contributed by atoms with Crippen LogP contribution >= 0.6 is 0 Å². The predicted molar refractivity (Wildman–Crippen MR) is 99.6 cm³/mol. The topological polar surface area (TPSA) is 30.9 Å². The first-order valence-corrected chi connectivity index (χ1v) is 9.17. The molecule has 0 aromatic carbocycles. The minimum absolute atomic E-state index is 0.133. The lowest BCUT2D eigenvalue weighted by molar-refractivity contribution is 0.000923. The average molecular weight is 343 g/mol. The molecule has 1 aliphatic carbocycles. The zero-order valence-corrected chi connectivity index (χ0v) is 15.2. The van der Waals surface area contributed by atoms with Crippen molar-refractivity contribution in [3.8, 4) is 0 Å². The molecule has 0 amide bonds. The van der Waals surface area contributed by atoms with Gasteiger partial charge in [0.05, 0.1) is 19.3 Å². The van der Waals surface area contributed by atoms with Gasteiger partial charge in [-0.05, 0) is 37.8 Å². The number of allylic oxidation sites excluding steroid dienone is 3. The highest BCUT2D eigenvalue weighted by Crippen LogP contribution is 2.36. The molecule has 0 spiro atoms. The van der Waals surface area contributed by atoms with Crippen LogP contribution in [0.4, 0.5) is 0 Å². The van der Waals surface area contributed by atoms with Crippen LogP contribution in [0.15, 0.2) is 61.0 Å². The molecule has 3 rings (SSSR count). The van der Waals surface area contributed by atoms with E-state index in [0.29, 0.717) is 6.61 Å². The van der Waals surface area contributed by atoms with Crippen molar-refractivity contribution in [3.05, 3.63) is 61.0 Å². The van der Waals surface area contributed by atoms with Crippen LogP contribution in [0.25, 0.3) is 0 Å². The van der Waals surface area contributed by atoms with E-state index in [2.05, 4.69) is 36.6 Å². The van der Waals surface area contributed by atoms with Gasteiger partial charge in [0.25, 0.3) is 0 Å². The van der Waals surface area contributed by atoms with Crippen molar-refractivity contribution < 1.29 is 14.2 Å². The maximum atomic E-state index is 5.82. The van der Waals surface area contributed by atoms with E-state index in [4.69, 9.17) is 14.2 Å². The lowest BCUT2D eigenvalue weighted by Crippen LogP contribution is -2.50. The van der Waals surface area contributed by atoms with Gasteiger partial charge >= 0.3 is 0 Å². The van der Waals surface area contributed by atoms with E-state index in [1.807, 2.05) is 6.08 Å². The van der Waals surface area contributed by atoms with Crippen molar-refractivity contribution in [2.45, 2.75) is 38.6 Å². The first-order chi connectivity index (χ1) is 12.2. The molecule has 2 aliphatic heterocycles. The number of ether oxygens (including phenoxy) is 3. The van der Waals surface area contributed by atoms with Gasteiger partial charge in [0, 0.05) is 12.0 Å². The Morgan fingerprint density at radius 2 is 2.36 bits per heavy atom. The van der Waals surface area contributed by atoms with E-state index in [9.17, 15) is 0 Å². The smallest absolute Gasteiger partial charge is 0.160 e. The van der Waals surface area contributed by atoms with E-state index >= 15 is 0 Å². The summed E-state index contributed by atoms with van der Waals surface area (Å²) in [6, 6.07) is 0.133. The number of hydrogen-bond donors (Lipinski definition) is 0. The first kappa shape index (κ1) is 18.0. The van der Waals surface area contributed by atoms with Crippen LogP contribution in [0, 0.1) is 5.41 Å². The summed E-state index contributed by atoms with van der Waals surface area (Å²) in [5, 5.41) is 0. The van der Waals surface area contributed by atoms with Gasteiger partial charge in [-0.3, -0.25) is 4.90 Å². The molecule has 2 atom stereocenters. The molecule has 2 heterocycles. The Morgan fingerprint density at radius 1 is 1.44 bits per heavy atom. The Kier molecular flexibility index (Phi) is 6.16. The van der Waals surface area contributed by atoms with Crippen molar-refractivity contribution in [1.82, 2.24) is 4.90 Å². The predicted octanol–water partition coefficient (Wildman–Crippen LogP) is 4.30. The molecule has 0 bridgehead atoms. The number of piperidine rings is 1. The Labute approximate surface area is 151 Å². The molecule has 2 unspecified atom stereocenters. The average Bonchev–Trinajstić information content (AvgIpc) is 2.64. The largest absolute Gasteiger partial charge is 0.466 e. The quantitative estimate of drug-likeness (QED) is 0.509. The fraction of sp³-hybridized carbons (Fsp3) is 0.524. The van der Waals surface area contributed by atoms with Crippen LogP contribution in [0.3, 0.4) is 0 Å². The summed E-state index contributed by atoms with van der Waals surface area (Å²) in [7, 11) is 0. The summed E-state index contributed by atoms with van der Waals surface area (Å²) in [6.45, 7) is 9.48. The van der Waals surface area contributed by atoms with Gasteiger partial charge < -0.3 is 14.2 Å². The summed E-state index contributed by atoms with van der Waals surface area (Å²) in [6.07, 6.45) is 17.8. The molecule has 3 aliphatic rings. The molecule has 0 aromatic rings. The molecule has 136 valence electrons. The van der Waals surface area contributed by atoms with Crippen molar-refractivity contribution in [1.29, 1.82) is 0 Å². The van der Waals surface area contributed by atoms with Crippen molar-refractivity contribution in [3.63, 3.8) is 0 Å². The molecular weight excluding hydrogens is 314 g/mol. The minimum Gasteiger partial charge on any atom is -0.466 e. The zero-order chi connectivity index (χ0) is 17.5. The van der Waals surface area contributed by atoms with Crippen molar-refractivity contribution >= 4 is 0 Å². The number of nitrogens with zero attached hydrogens (tertiary/aromatic N) is 1. The monoisotopic (exact) mass is 343 g/mol. The summed E-state index contributed by atoms with van der Waals surface area (Å²) < 4.78 is 17.0. The maximum Gasteiger partial charge on any atom is 0.160 e. The second-order valence-corrected chi connectivity index (χ2v) is 7.35.